The van der Waals surface area contributed by atoms with Crippen LogP contribution in [0.3, 0.4) is 0 Å². The maximum absolute atomic E-state index is 5.28. The summed E-state index contributed by atoms with van der Waals surface area (Å²) in [6.45, 7) is 21.8. The van der Waals surface area contributed by atoms with E-state index in [4.69, 9.17) is 9.98 Å². The van der Waals surface area contributed by atoms with Crippen molar-refractivity contribution in [3.05, 3.63) is 155 Å². The Morgan fingerprint density at radius 2 is 1.19 bits per heavy atom. The number of benzene rings is 5. The highest BCUT2D eigenvalue weighted by Gasteiger charge is 2.18. The van der Waals surface area contributed by atoms with Crippen molar-refractivity contribution in [2.75, 3.05) is 0 Å². The second kappa shape index (κ2) is 12.9. The molecule has 0 radical (unpaired) electrons. The molecular formula is C45H47N3. The summed E-state index contributed by atoms with van der Waals surface area (Å²) in [6, 6.07) is 41.3. The van der Waals surface area contributed by atoms with Gasteiger partial charge in [-0.2, -0.15) is 0 Å². The molecule has 5 aromatic carbocycles. The molecule has 242 valence electrons. The number of aliphatic imine (C=N–C) groups is 2. The Morgan fingerprint density at radius 1 is 0.667 bits per heavy atom. The Morgan fingerprint density at radius 3 is 1.71 bits per heavy atom. The van der Waals surface area contributed by atoms with Crippen molar-refractivity contribution in [3.8, 4) is 5.69 Å². The molecule has 0 bridgehead atoms. The first-order chi connectivity index (χ1) is 22.8. The number of hydrogen-bond donors (Lipinski definition) is 0. The summed E-state index contributed by atoms with van der Waals surface area (Å²) in [5.74, 6) is 0.725. The zero-order valence-corrected chi connectivity index (χ0v) is 29.7. The van der Waals surface area contributed by atoms with Gasteiger partial charge in [0.15, 0.2) is 5.84 Å². The van der Waals surface area contributed by atoms with Crippen molar-refractivity contribution in [2.24, 2.45) is 9.98 Å². The van der Waals surface area contributed by atoms with Crippen molar-refractivity contribution in [2.45, 2.75) is 72.3 Å². The summed E-state index contributed by atoms with van der Waals surface area (Å²) >= 11 is 0. The Kier molecular flexibility index (Phi) is 8.83. The number of rotatable bonds is 6. The molecule has 48 heavy (non-hydrogen) atoms. The molecule has 1 unspecified atom stereocenters. The molecule has 0 spiro atoms. The van der Waals surface area contributed by atoms with Crippen LogP contribution in [0.2, 0.25) is 0 Å². The fourth-order valence-electron chi connectivity index (χ4n) is 6.32. The van der Waals surface area contributed by atoms with E-state index in [0.717, 1.165) is 33.9 Å². The molecule has 1 heterocycles. The number of fused-ring (bicyclic) bond motifs is 3. The Balaban J connectivity index is 1.47. The van der Waals surface area contributed by atoms with Crippen LogP contribution >= 0.6 is 0 Å². The number of para-hydroxylation sites is 2. The van der Waals surface area contributed by atoms with Crippen LogP contribution in [-0.2, 0) is 10.8 Å². The van der Waals surface area contributed by atoms with E-state index in [1.807, 2.05) is 6.08 Å². The molecule has 0 aliphatic rings. The molecule has 0 amide bonds. The molecule has 0 N–H and O–H groups in total. The molecule has 0 fully saturated rings. The van der Waals surface area contributed by atoms with Gasteiger partial charge >= 0.3 is 0 Å². The van der Waals surface area contributed by atoms with Gasteiger partial charge in [-0.15, -0.1) is 0 Å². The van der Waals surface area contributed by atoms with Crippen LogP contribution in [0.4, 0.5) is 0 Å². The molecule has 1 aromatic heterocycles. The zero-order valence-electron chi connectivity index (χ0n) is 29.7. The van der Waals surface area contributed by atoms with Gasteiger partial charge in [-0.3, -0.25) is 4.99 Å². The van der Waals surface area contributed by atoms with Gasteiger partial charge in [0, 0.05) is 27.7 Å². The highest BCUT2D eigenvalue weighted by molar-refractivity contribution is 6.12. The first-order valence-corrected chi connectivity index (χ1v) is 16.9. The maximum Gasteiger partial charge on any atom is 0.155 e. The number of aromatic nitrogens is 1. The van der Waals surface area contributed by atoms with E-state index in [1.54, 1.807) is 0 Å². The lowest BCUT2D eigenvalue weighted by Gasteiger charge is -2.20. The van der Waals surface area contributed by atoms with E-state index in [0.29, 0.717) is 0 Å². The second-order valence-electron chi connectivity index (χ2n) is 14.9. The van der Waals surface area contributed by atoms with E-state index < -0.39 is 0 Å². The molecule has 0 aliphatic carbocycles. The van der Waals surface area contributed by atoms with E-state index in [1.165, 1.54) is 38.5 Å². The fraction of sp³-hybridized carbons (Fsp3) is 0.244. The van der Waals surface area contributed by atoms with Gasteiger partial charge in [0.25, 0.3) is 0 Å². The number of hydrogen-bond acceptors (Lipinski definition) is 1. The average molecular weight is 630 g/mol. The molecule has 6 rings (SSSR count). The third kappa shape index (κ3) is 6.69. The Labute approximate surface area is 286 Å². The summed E-state index contributed by atoms with van der Waals surface area (Å²) in [6.07, 6.45) is 1.91. The average Bonchev–Trinajstić information content (AvgIpc) is 3.41. The second-order valence-corrected chi connectivity index (χ2v) is 14.9. The minimum atomic E-state index is -0.0689. The van der Waals surface area contributed by atoms with Gasteiger partial charge in [-0.1, -0.05) is 139 Å². The van der Waals surface area contributed by atoms with E-state index in [9.17, 15) is 0 Å². The predicted molar refractivity (Wildman–Crippen MR) is 208 cm³/mol. The fourth-order valence-corrected chi connectivity index (χ4v) is 6.32. The van der Waals surface area contributed by atoms with Crippen molar-refractivity contribution < 1.29 is 0 Å². The highest BCUT2D eigenvalue weighted by Crippen LogP contribution is 2.33. The topological polar surface area (TPSA) is 29.6 Å². The van der Waals surface area contributed by atoms with Gasteiger partial charge in [0.1, 0.15) is 0 Å². The summed E-state index contributed by atoms with van der Waals surface area (Å²) in [7, 11) is 0. The molecular weight excluding hydrogens is 583 g/mol. The third-order valence-corrected chi connectivity index (χ3v) is 9.29. The molecule has 6 aromatic rings. The van der Waals surface area contributed by atoms with Crippen LogP contribution in [0.1, 0.15) is 94.8 Å². The maximum atomic E-state index is 5.28. The minimum absolute atomic E-state index is 0.0610. The van der Waals surface area contributed by atoms with Crippen molar-refractivity contribution >= 4 is 39.4 Å². The summed E-state index contributed by atoms with van der Waals surface area (Å²) in [5.41, 5.74) is 11.3. The standard InChI is InChI=1S/C45H47N3/c1-10-32-27-35(29-38(28-32)48-41-17-13-11-15-39(41)40-16-12-14-18-42(40)48)31(3)47-43(34-21-25-37(26-22-34)45(7,8)9)46-30(2)33-19-23-36(24-20-33)44(4,5)6/h10-30H,1H2,2-9H3. The third-order valence-electron chi connectivity index (χ3n) is 9.29. The van der Waals surface area contributed by atoms with E-state index >= 15 is 0 Å². The van der Waals surface area contributed by atoms with Crippen molar-refractivity contribution in [3.63, 3.8) is 0 Å². The van der Waals surface area contributed by atoms with Crippen LogP contribution in [0.25, 0.3) is 33.6 Å². The van der Waals surface area contributed by atoms with Crippen LogP contribution in [-0.4, -0.2) is 16.1 Å². The zero-order chi connectivity index (χ0) is 34.2. The minimum Gasteiger partial charge on any atom is -0.309 e. The van der Waals surface area contributed by atoms with Gasteiger partial charge in [0.2, 0.25) is 0 Å². The first kappa shape index (κ1) is 32.9. The van der Waals surface area contributed by atoms with Gasteiger partial charge in [0.05, 0.1) is 17.1 Å². The summed E-state index contributed by atoms with van der Waals surface area (Å²) < 4.78 is 2.35. The first-order valence-electron chi connectivity index (χ1n) is 16.9. The Bertz CT molecular complexity index is 2110. The SMILES string of the molecule is C=Cc1cc(C(C)=NC(=NC(C)c2ccc(C(C)(C)C)cc2)c2ccc(C(C)(C)C)cc2)cc(-n2c3ccccc3c3ccccc32)c1. The number of amidine groups is 1. The lowest BCUT2D eigenvalue weighted by molar-refractivity contribution is 0.589. The van der Waals surface area contributed by atoms with Crippen molar-refractivity contribution in [1.82, 2.24) is 4.57 Å². The van der Waals surface area contributed by atoms with Crippen LogP contribution in [0, 0.1) is 0 Å². The molecule has 3 heteroatoms. The molecule has 0 saturated heterocycles. The molecule has 0 aliphatic heterocycles. The largest absolute Gasteiger partial charge is 0.309 e. The lowest BCUT2D eigenvalue weighted by Crippen LogP contribution is -2.12. The normalized spacial score (nSPS) is 13.7. The van der Waals surface area contributed by atoms with Gasteiger partial charge < -0.3 is 4.57 Å². The summed E-state index contributed by atoms with van der Waals surface area (Å²) in [4.78, 5) is 10.5. The quantitative estimate of drug-likeness (QED) is 0.130. The lowest BCUT2D eigenvalue weighted by atomic mass is 9.86. The predicted octanol–water partition coefficient (Wildman–Crippen LogP) is 12.0. The molecule has 0 saturated carbocycles. The van der Waals surface area contributed by atoms with Crippen molar-refractivity contribution in [1.29, 1.82) is 0 Å². The molecule has 3 nitrogen and oxygen atoms in total. The smallest absolute Gasteiger partial charge is 0.155 e. The van der Waals surface area contributed by atoms with Crippen LogP contribution in [0.15, 0.2) is 132 Å². The van der Waals surface area contributed by atoms with Crippen LogP contribution in [0.5, 0.6) is 0 Å². The number of nitrogens with zero attached hydrogens (tertiary/aromatic N) is 3. The molecule has 1 atom stereocenters. The summed E-state index contributed by atoms with van der Waals surface area (Å²) in [5, 5.41) is 2.48. The van der Waals surface area contributed by atoms with E-state index in [2.05, 4.69) is 182 Å². The monoisotopic (exact) mass is 629 g/mol. The van der Waals surface area contributed by atoms with Gasteiger partial charge in [-0.05, 0) is 82.8 Å². The van der Waals surface area contributed by atoms with E-state index in [-0.39, 0.29) is 16.9 Å². The highest BCUT2D eigenvalue weighted by atomic mass is 15.0. The van der Waals surface area contributed by atoms with Crippen LogP contribution < -0.4 is 0 Å². The Hall–Kier alpha value is -5.02. The van der Waals surface area contributed by atoms with Gasteiger partial charge in [-0.25, -0.2) is 4.99 Å².